The molecule has 1 aliphatic rings. The summed E-state index contributed by atoms with van der Waals surface area (Å²) in [5.74, 6) is -0.0952. The van der Waals surface area contributed by atoms with Crippen molar-refractivity contribution < 1.29 is 9.53 Å². The number of amides is 1. The second-order valence-electron chi connectivity index (χ2n) is 6.46. The summed E-state index contributed by atoms with van der Waals surface area (Å²) in [6.45, 7) is 6.95. The van der Waals surface area contributed by atoms with Gasteiger partial charge in [0.15, 0.2) is 0 Å². The first-order valence-electron chi connectivity index (χ1n) is 8.64. The van der Waals surface area contributed by atoms with Gasteiger partial charge in [0, 0.05) is 37.4 Å². The number of ether oxygens (including phenoxy) is 1. The molecule has 1 saturated heterocycles. The van der Waals surface area contributed by atoms with Gasteiger partial charge in [0.05, 0.1) is 13.2 Å². The highest BCUT2D eigenvalue weighted by Gasteiger charge is 2.11. The van der Waals surface area contributed by atoms with Crippen molar-refractivity contribution in [3.05, 3.63) is 64.7 Å². The zero-order chi connectivity index (χ0) is 17.6. The van der Waals surface area contributed by atoms with E-state index >= 15 is 0 Å². The number of rotatable bonds is 5. The summed E-state index contributed by atoms with van der Waals surface area (Å²) in [7, 11) is 0. The third-order valence-electron chi connectivity index (χ3n) is 4.49. The molecule has 27 heavy (non-hydrogen) atoms. The van der Waals surface area contributed by atoms with Crippen LogP contribution in [0.2, 0.25) is 0 Å². The van der Waals surface area contributed by atoms with Gasteiger partial charge in [-0.15, -0.1) is 24.8 Å². The third kappa shape index (κ3) is 6.70. The summed E-state index contributed by atoms with van der Waals surface area (Å²) in [4.78, 5) is 14.7. The van der Waals surface area contributed by atoms with Gasteiger partial charge in [0.2, 0.25) is 0 Å². The van der Waals surface area contributed by atoms with Crippen LogP contribution < -0.4 is 11.1 Å². The van der Waals surface area contributed by atoms with E-state index < -0.39 is 0 Å². The average Bonchev–Trinajstić information content (AvgIpc) is 2.64. The number of nitrogens with one attached hydrogen (secondary N) is 1. The molecule has 2 aromatic carbocycles. The van der Waals surface area contributed by atoms with Crippen LogP contribution in [0, 0.1) is 6.92 Å². The van der Waals surface area contributed by atoms with E-state index in [0.717, 1.165) is 44.0 Å². The minimum absolute atomic E-state index is 0. The van der Waals surface area contributed by atoms with Crippen LogP contribution in [0.4, 0.5) is 5.69 Å². The fraction of sp³-hybridized carbons (Fsp3) is 0.350. The minimum atomic E-state index is -0.0952. The molecule has 2 aromatic rings. The van der Waals surface area contributed by atoms with E-state index in [9.17, 15) is 4.79 Å². The summed E-state index contributed by atoms with van der Waals surface area (Å²) in [5.41, 5.74) is 10.3. The second kappa shape index (κ2) is 11.1. The molecule has 0 unspecified atom stereocenters. The van der Waals surface area contributed by atoms with E-state index in [1.807, 2.05) is 13.0 Å². The van der Waals surface area contributed by atoms with Crippen molar-refractivity contribution in [3.8, 4) is 0 Å². The predicted molar refractivity (Wildman–Crippen MR) is 114 cm³/mol. The lowest BCUT2D eigenvalue weighted by Gasteiger charge is -2.26. The molecule has 0 spiro atoms. The van der Waals surface area contributed by atoms with Crippen molar-refractivity contribution in [2.75, 3.05) is 32.0 Å². The predicted octanol–water partition coefficient (Wildman–Crippen LogP) is 3.18. The largest absolute Gasteiger partial charge is 0.399 e. The standard InChI is InChI=1S/C20H25N3O2.2ClH/c1-15-2-7-18(21)12-19(15)20(24)22-13-16-3-5-17(6-4-16)14-23-8-10-25-11-9-23;;/h2-7,12H,8-11,13-14,21H2,1H3,(H,22,24);2*1H. The zero-order valence-corrected chi connectivity index (χ0v) is 17.1. The molecule has 148 valence electrons. The number of halogens is 2. The van der Waals surface area contributed by atoms with Gasteiger partial charge in [-0.3, -0.25) is 9.69 Å². The van der Waals surface area contributed by atoms with E-state index in [0.29, 0.717) is 17.8 Å². The first-order valence-corrected chi connectivity index (χ1v) is 8.64. The Morgan fingerprint density at radius 3 is 2.37 bits per heavy atom. The molecule has 0 bridgehead atoms. The Hall–Kier alpha value is -1.79. The number of nitrogens with two attached hydrogens (primary N) is 1. The van der Waals surface area contributed by atoms with Crippen LogP contribution in [0.5, 0.6) is 0 Å². The summed E-state index contributed by atoms with van der Waals surface area (Å²) in [5, 5.41) is 2.96. The molecule has 0 radical (unpaired) electrons. The molecule has 3 rings (SSSR count). The molecule has 3 N–H and O–H groups in total. The van der Waals surface area contributed by atoms with Gasteiger partial charge >= 0.3 is 0 Å². The van der Waals surface area contributed by atoms with E-state index in [-0.39, 0.29) is 30.7 Å². The Morgan fingerprint density at radius 1 is 1.07 bits per heavy atom. The Morgan fingerprint density at radius 2 is 1.70 bits per heavy atom. The highest BCUT2D eigenvalue weighted by atomic mass is 35.5. The van der Waals surface area contributed by atoms with Crippen molar-refractivity contribution in [1.29, 1.82) is 0 Å². The lowest BCUT2D eigenvalue weighted by atomic mass is 10.1. The number of nitrogen functional groups attached to an aromatic ring is 1. The fourth-order valence-corrected chi connectivity index (χ4v) is 2.94. The molecule has 0 aliphatic carbocycles. The smallest absolute Gasteiger partial charge is 0.251 e. The molecule has 1 fully saturated rings. The van der Waals surface area contributed by atoms with Crippen LogP contribution in [0.3, 0.4) is 0 Å². The number of aryl methyl sites for hydroxylation is 1. The maximum absolute atomic E-state index is 12.3. The number of carbonyl (C=O) groups is 1. The van der Waals surface area contributed by atoms with Gasteiger partial charge in [0.25, 0.3) is 5.91 Å². The number of carbonyl (C=O) groups excluding carboxylic acids is 1. The molecular formula is C20H27Cl2N3O2. The topological polar surface area (TPSA) is 67.6 Å². The number of morpholine rings is 1. The highest BCUT2D eigenvalue weighted by molar-refractivity contribution is 5.96. The van der Waals surface area contributed by atoms with E-state index in [2.05, 4.69) is 34.5 Å². The summed E-state index contributed by atoms with van der Waals surface area (Å²) in [6.07, 6.45) is 0. The van der Waals surface area contributed by atoms with Crippen LogP contribution in [0.25, 0.3) is 0 Å². The molecule has 0 saturated carbocycles. The van der Waals surface area contributed by atoms with E-state index in [1.54, 1.807) is 12.1 Å². The first kappa shape index (κ1) is 23.2. The van der Waals surface area contributed by atoms with Crippen LogP contribution in [0.15, 0.2) is 42.5 Å². The fourth-order valence-electron chi connectivity index (χ4n) is 2.94. The quantitative estimate of drug-likeness (QED) is 0.741. The van der Waals surface area contributed by atoms with Crippen molar-refractivity contribution >= 4 is 36.4 Å². The average molecular weight is 412 g/mol. The summed E-state index contributed by atoms with van der Waals surface area (Å²) >= 11 is 0. The van der Waals surface area contributed by atoms with Crippen molar-refractivity contribution in [2.24, 2.45) is 0 Å². The third-order valence-corrected chi connectivity index (χ3v) is 4.49. The molecule has 1 amide bonds. The molecule has 0 atom stereocenters. The van der Waals surface area contributed by atoms with Crippen molar-refractivity contribution in [2.45, 2.75) is 20.0 Å². The lowest BCUT2D eigenvalue weighted by molar-refractivity contribution is 0.0342. The van der Waals surface area contributed by atoms with Crippen LogP contribution in [-0.2, 0) is 17.8 Å². The molecule has 1 heterocycles. The first-order chi connectivity index (χ1) is 12.1. The molecule has 7 heteroatoms. The molecule has 1 aliphatic heterocycles. The maximum atomic E-state index is 12.3. The van der Waals surface area contributed by atoms with Crippen LogP contribution >= 0.6 is 24.8 Å². The van der Waals surface area contributed by atoms with Gasteiger partial charge < -0.3 is 15.8 Å². The number of hydrogen-bond donors (Lipinski definition) is 2. The number of anilines is 1. The lowest BCUT2D eigenvalue weighted by Crippen LogP contribution is -2.35. The van der Waals surface area contributed by atoms with Crippen molar-refractivity contribution in [3.63, 3.8) is 0 Å². The van der Waals surface area contributed by atoms with E-state index in [1.165, 1.54) is 5.56 Å². The molecule has 0 aromatic heterocycles. The Bertz CT molecular complexity index is 733. The molecular weight excluding hydrogens is 385 g/mol. The van der Waals surface area contributed by atoms with Gasteiger partial charge in [0.1, 0.15) is 0 Å². The van der Waals surface area contributed by atoms with Gasteiger partial charge in [-0.1, -0.05) is 30.3 Å². The summed E-state index contributed by atoms with van der Waals surface area (Å²) < 4.78 is 5.37. The highest BCUT2D eigenvalue weighted by Crippen LogP contribution is 2.13. The van der Waals surface area contributed by atoms with Crippen molar-refractivity contribution in [1.82, 2.24) is 10.2 Å². The SMILES string of the molecule is Cc1ccc(N)cc1C(=O)NCc1ccc(CN2CCOCC2)cc1.Cl.Cl. The van der Waals surface area contributed by atoms with Gasteiger partial charge in [-0.05, 0) is 35.7 Å². The Labute approximate surface area is 173 Å². The monoisotopic (exact) mass is 411 g/mol. The van der Waals surface area contributed by atoms with Gasteiger partial charge in [-0.25, -0.2) is 0 Å². The van der Waals surface area contributed by atoms with Crippen LogP contribution in [0.1, 0.15) is 27.0 Å². The van der Waals surface area contributed by atoms with Gasteiger partial charge in [-0.2, -0.15) is 0 Å². The zero-order valence-electron chi connectivity index (χ0n) is 15.4. The van der Waals surface area contributed by atoms with Crippen LogP contribution in [-0.4, -0.2) is 37.1 Å². The second-order valence-corrected chi connectivity index (χ2v) is 6.46. The molecule has 5 nitrogen and oxygen atoms in total. The summed E-state index contributed by atoms with van der Waals surface area (Å²) in [6, 6.07) is 13.8. The Balaban J connectivity index is 0.00000182. The number of nitrogens with zero attached hydrogens (tertiary/aromatic N) is 1. The Kier molecular flexibility index (Phi) is 9.60. The number of hydrogen-bond acceptors (Lipinski definition) is 4. The number of benzene rings is 2. The van der Waals surface area contributed by atoms with E-state index in [4.69, 9.17) is 10.5 Å². The minimum Gasteiger partial charge on any atom is -0.399 e. The maximum Gasteiger partial charge on any atom is 0.251 e. The normalized spacial score (nSPS) is 14.0.